The highest BCUT2D eigenvalue weighted by Gasteiger charge is 2.46. The molecule has 0 bridgehead atoms. The number of pyridine rings is 3. The summed E-state index contributed by atoms with van der Waals surface area (Å²) in [7, 11) is 1.58. The van der Waals surface area contributed by atoms with Gasteiger partial charge in [0.25, 0.3) is 0 Å². The standard InChI is InChI=1S/C20H18N6O2/c1-28-17-8-5-13(12-22-17)14-6-7-15-19(23-14)26(18-9-11-25(15)18)20(27)24-16-4-2-3-10-21-16/h2-8,10,12,18H,9,11H2,1H3,(H,21,24,27)/t18-/m0/s1. The predicted molar refractivity (Wildman–Crippen MR) is 106 cm³/mol. The van der Waals surface area contributed by atoms with E-state index in [1.807, 2.05) is 30.3 Å². The molecule has 8 heteroatoms. The van der Waals surface area contributed by atoms with E-state index < -0.39 is 0 Å². The molecule has 0 spiro atoms. The summed E-state index contributed by atoms with van der Waals surface area (Å²) in [6, 6.07) is 12.9. The summed E-state index contributed by atoms with van der Waals surface area (Å²) in [6.07, 6.45) is 4.27. The van der Waals surface area contributed by atoms with Gasteiger partial charge < -0.3 is 9.64 Å². The Morgan fingerprint density at radius 1 is 1.18 bits per heavy atom. The lowest BCUT2D eigenvalue weighted by atomic mass is 10.1. The summed E-state index contributed by atoms with van der Waals surface area (Å²) >= 11 is 0. The van der Waals surface area contributed by atoms with Gasteiger partial charge in [0.05, 0.1) is 18.5 Å². The third kappa shape index (κ3) is 2.61. The van der Waals surface area contributed by atoms with Crippen LogP contribution in [0, 0.1) is 0 Å². The lowest BCUT2D eigenvalue weighted by molar-refractivity contribution is 0.252. The first kappa shape index (κ1) is 16.5. The van der Waals surface area contributed by atoms with E-state index in [9.17, 15) is 4.79 Å². The molecule has 0 aliphatic carbocycles. The van der Waals surface area contributed by atoms with E-state index >= 15 is 0 Å². The van der Waals surface area contributed by atoms with Crippen LogP contribution in [-0.2, 0) is 0 Å². The van der Waals surface area contributed by atoms with Crippen LogP contribution in [0.2, 0.25) is 0 Å². The first-order valence-corrected chi connectivity index (χ1v) is 9.04. The van der Waals surface area contributed by atoms with Gasteiger partial charge in [0.2, 0.25) is 5.88 Å². The van der Waals surface area contributed by atoms with Gasteiger partial charge in [0, 0.05) is 37.0 Å². The van der Waals surface area contributed by atoms with E-state index in [-0.39, 0.29) is 12.2 Å². The van der Waals surface area contributed by atoms with Crippen molar-refractivity contribution in [3.05, 3.63) is 54.9 Å². The first-order chi connectivity index (χ1) is 13.7. The van der Waals surface area contributed by atoms with Crippen LogP contribution in [0.3, 0.4) is 0 Å². The fraction of sp³-hybridized carbons (Fsp3) is 0.200. The highest BCUT2D eigenvalue weighted by Crippen LogP contribution is 2.45. The first-order valence-electron chi connectivity index (χ1n) is 9.04. The Morgan fingerprint density at radius 2 is 2.11 bits per heavy atom. The second-order valence-electron chi connectivity index (χ2n) is 6.61. The van der Waals surface area contributed by atoms with Gasteiger partial charge in [-0.2, -0.15) is 0 Å². The van der Waals surface area contributed by atoms with E-state index in [4.69, 9.17) is 9.72 Å². The second kappa shape index (κ2) is 6.49. The summed E-state index contributed by atoms with van der Waals surface area (Å²) in [5, 5.41) is 2.86. The van der Waals surface area contributed by atoms with Crippen LogP contribution < -0.4 is 19.9 Å². The number of fused-ring (bicyclic) bond motifs is 3. The van der Waals surface area contributed by atoms with Gasteiger partial charge in [-0.25, -0.2) is 19.7 Å². The Hall–Kier alpha value is -3.68. The van der Waals surface area contributed by atoms with Gasteiger partial charge >= 0.3 is 6.03 Å². The lowest BCUT2D eigenvalue weighted by Crippen LogP contribution is -2.56. The SMILES string of the molecule is COc1ccc(-c2ccc3c(n2)N(C(=O)Nc2ccccn2)[C@H]2CCN32)cn1. The molecule has 0 radical (unpaired) electrons. The number of nitrogens with zero attached hydrogens (tertiary/aromatic N) is 5. The van der Waals surface area contributed by atoms with Crippen LogP contribution in [0.4, 0.5) is 22.1 Å². The molecule has 2 aliphatic rings. The Balaban J connectivity index is 1.48. The minimum absolute atomic E-state index is 0.00421. The maximum Gasteiger partial charge on any atom is 0.330 e. The van der Waals surface area contributed by atoms with E-state index in [1.54, 1.807) is 36.5 Å². The highest BCUT2D eigenvalue weighted by molar-refractivity contribution is 6.06. The van der Waals surface area contributed by atoms with Crippen LogP contribution in [-0.4, -0.2) is 40.8 Å². The molecule has 1 fully saturated rings. The monoisotopic (exact) mass is 374 g/mol. The van der Waals surface area contributed by atoms with Crippen molar-refractivity contribution >= 4 is 23.4 Å². The molecule has 3 aromatic heterocycles. The van der Waals surface area contributed by atoms with Crippen LogP contribution in [0.1, 0.15) is 6.42 Å². The van der Waals surface area contributed by atoms with Gasteiger partial charge in [-0.15, -0.1) is 0 Å². The van der Waals surface area contributed by atoms with Crippen LogP contribution >= 0.6 is 0 Å². The Morgan fingerprint density at radius 3 is 2.79 bits per heavy atom. The number of nitrogens with one attached hydrogen (secondary N) is 1. The molecule has 8 nitrogen and oxygen atoms in total. The number of carbonyl (C=O) groups is 1. The maximum absolute atomic E-state index is 13.0. The average molecular weight is 374 g/mol. The highest BCUT2D eigenvalue weighted by atomic mass is 16.5. The molecule has 1 saturated heterocycles. The van der Waals surface area contributed by atoms with Crippen molar-refractivity contribution in [2.24, 2.45) is 0 Å². The fourth-order valence-electron chi connectivity index (χ4n) is 3.56. The van der Waals surface area contributed by atoms with Crippen molar-refractivity contribution in [2.45, 2.75) is 12.6 Å². The minimum Gasteiger partial charge on any atom is -0.481 e. The van der Waals surface area contributed by atoms with Gasteiger partial charge in [-0.1, -0.05) is 6.07 Å². The molecule has 5 rings (SSSR count). The molecule has 1 atom stereocenters. The van der Waals surface area contributed by atoms with Crippen molar-refractivity contribution in [1.82, 2.24) is 15.0 Å². The normalized spacial score (nSPS) is 16.8. The quantitative estimate of drug-likeness (QED) is 0.758. The van der Waals surface area contributed by atoms with Crippen molar-refractivity contribution in [2.75, 3.05) is 28.8 Å². The molecule has 140 valence electrons. The summed E-state index contributed by atoms with van der Waals surface area (Å²) in [4.78, 5) is 30.1. The van der Waals surface area contributed by atoms with Gasteiger partial charge in [0.15, 0.2) is 5.82 Å². The zero-order chi connectivity index (χ0) is 19.1. The van der Waals surface area contributed by atoms with Gasteiger partial charge in [-0.05, 0) is 30.3 Å². The molecule has 0 aromatic carbocycles. The summed E-state index contributed by atoms with van der Waals surface area (Å²) in [6.45, 7) is 0.913. The third-order valence-electron chi connectivity index (χ3n) is 5.04. The number of methoxy groups -OCH3 is 1. The van der Waals surface area contributed by atoms with Crippen molar-refractivity contribution in [3.63, 3.8) is 0 Å². The largest absolute Gasteiger partial charge is 0.481 e. The van der Waals surface area contributed by atoms with E-state index in [0.29, 0.717) is 17.5 Å². The van der Waals surface area contributed by atoms with E-state index in [0.717, 1.165) is 29.9 Å². The number of carbonyl (C=O) groups excluding carboxylic acids is 1. The number of hydrogen-bond acceptors (Lipinski definition) is 6. The van der Waals surface area contributed by atoms with Gasteiger partial charge in [-0.3, -0.25) is 10.2 Å². The van der Waals surface area contributed by atoms with Crippen LogP contribution in [0.25, 0.3) is 11.3 Å². The Bertz CT molecular complexity index is 1020. The van der Waals surface area contributed by atoms with Crippen molar-refractivity contribution in [1.29, 1.82) is 0 Å². The smallest absolute Gasteiger partial charge is 0.330 e. The fourth-order valence-corrected chi connectivity index (χ4v) is 3.56. The van der Waals surface area contributed by atoms with E-state index in [1.165, 1.54) is 0 Å². The molecule has 2 amide bonds. The number of aromatic nitrogens is 3. The molecule has 2 aliphatic heterocycles. The Kier molecular flexibility index (Phi) is 3.82. The third-order valence-corrected chi connectivity index (χ3v) is 5.04. The number of anilines is 3. The van der Waals surface area contributed by atoms with E-state index in [2.05, 4.69) is 20.2 Å². The number of ether oxygens (including phenoxy) is 1. The zero-order valence-electron chi connectivity index (χ0n) is 15.2. The lowest BCUT2D eigenvalue weighted by Gasteiger charge is -2.39. The van der Waals surface area contributed by atoms with Crippen LogP contribution in [0.5, 0.6) is 5.88 Å². The summed E-state index contributed by atoms with van der Waals surface area (Å²) < 4.78 is 5.12. The number of amides is 2. The molecule has 1 N–H and O–H groups in total. The molecule has 0 saturated carbocycles. The van der Waals surface area contributed by atoms with Gasteiger partial charge in [0.1, 0.15) is 12.0 Å². The Labute approximate surface area is 161 Å². The topological polar surface area (TPSA) is 83.5 Å². The van der Waals surface area contributed by atoms with Crippen molar-refractivity contribution in [3.8, 4) is 17.1 Å². The zero-order valence-corrected chi connectivity index (χ0v) is 15.2. The van der Waals surface area contributed by atoms with Crippen LogP contribution in [0.15, 0.2) is 54.9 Å². The second-order valence-corrected chi connectivity index (χ2v) is 6.61. The number of hydrogen-bond donors (Lipinski definition) is 1. The molecule has 3 aromatic rings. The number of rotatable bonds is 3. The predicted octanol–water partition coefficient (Wildman–Crippen LogP) is 3.14. The average Bonchev–Trinajstić information content (AvgIpc) is 2.94. The molecule has 0 unspecified atom stereocenters. The summed E-state index contributed by atoms with van der Waals surface area (Å²) in [5.41, 5.74) is 2.59. The molecular formula is C20H18N6O2. The summed E-state index contributed by atoms with van der Waals surface area (Å²) in [5.74, 6) is 1.72. The molecular weight excluding hydrogens is 356 g/mol. The molecule has 28 heavy (non-hydrogen) atoms. The number of urea groups is 1. The van der Waals surface area contributed by atoms with Crippen molar-refractivity contribution < 1.29 is 9.53 Å². The maximum atomic E-state index is 13.0. The molecule has 5 heterocycles. The minimum atomic E-state index is -0.232.